The number of carbonyl (C=O) groups is 2. The first kappa shape index (κ1) is 20.2. The molecule has 2 aromatic rings. The van der Waals surface area contributed by atoms with Crippen molar-refractivity contribution in [3.05, 3.63) is 71.2 Å². The van der Waals surface area contributed by atoms with Crippen LogP contribution >= 0.6 is 11.8 Å². The number of amides is 1. The average Bonchev–Trinajstić information content (AvgIpc) is 3.05. The van der Waals surface area contributed by atoms with Crippen molar-refractivity contribution in [2.75, 3.05) is 13.7 Å². The number of thioether (sulfide) groups is 1. The van der Waals surface area contributed by atoms with Gasteiger partial charge < -0.3 is 19.9 Å². The summed E-state index contributed by atoms with van der Waals surface area (Å²) in [4.78, 5) is 28.1. The van der Waals surface area contributed by atoms with E-state index in [-0.39, 0.29) is 11.5 Å². The molecule has 0 aromatic heterocycles. The van der Waals surface area contributed by atoms with E-state index in [0.29, 0.717) is 33.9 Å². The maximum atomic E-state index is 12.3. The van der Waals surface area contributed by atoms with Crippen molar-refractivity contribution in [3.63, 3.8) is 0 Å². The van der Waals surface area contributed by atoms with Crippen LogP contribution in [0.1, 0.15) is 15.9 Å². The fourth-order valence-corrected chi connectivity index (χ4v) is 3.34. The topological polar surface area (TPSA) is 97.2 Å². The van der Waals surface area contributed by atoms with Crippen LogP contribution < -0.4 is 14.8 Å². The van der Waals surface area contributed by atoms with E-state index in [1.165, 1.54) is 23.9 Å². The minimum absolute atomic E-state index is 0.128. The first-order valence-corrected chi connectivity index (χ1v) is 9.36. The quantitative estimate of drug-likeness (QED) is 0.532. The van der Waals surface area contributed by atoms with Crippen LogP contribution in [-0.2, 0) is 4.79 Å². The van der Waals surface area contributed by atoms with Gasteiger partial charge in [0.1, 0.15) is 6.61 Å². The summed E-state index contributed by atoms with van der Waals surface area (Å²) in [5.41, 5.74) is 1.33. The second-order valence-electron chi connectivity index (χ2n) is 5.85. The molecule has 1 heterocycles. The molecule has 1 saturated heterocycles. The molecule has 1 fully saturated rings. The van der Waals surface area contributed by atoms with E-state index in [4.69, 9.17) is 14.6 Å². The van der Waals surface area contributed by atoms with Crippen LogP contribution in [0, 0.1) is 0 Å². The van der Waals surface area contributed by atoms with Gasteiger partial charge in [-0.1, -0.05) is 24.8 Å². The number of aliphatic imine (C=N–C) groups is 1. The molecule has 2 N–H and O–H groups in total. The Morgan fingerprint density at radius 2 is 2.10 bits per heavy atom. The van der Waals surface area contributed by atoms with Crippen molar-refractivity contribution in [3.8, 4) is 11.5 Å². The highest BCUT2D eigenvalue weighted by Gasteiger charge is 2.24. The summed E-state index contributed by atoms with van der Waals surface area (Å²) in [5.74, 6) is -0.193. The second-order valence-corrected chi connectivity index (χ2v) is 6.88. The molecule has 0 spiro atoms. The fraction of sp³-hybridized carbons (Fsp3) is 0.0952. The van der Waals surface area contributed by atoms with Gasteiger partial charge in [0.2, 0.25) is 0 Å². The normalized spacial score (nSPS) is 16.0. The van der Waals surface area contributed by atoms with Gasteiger partial charge in [-0.05, 0) is 53.7 Å². The van der Waals surface area contributed by atoms with Crippen molar-refractivity contribution in [2.24, 2.45) is 4.99 Å². The Labute approximate surface area is 171 Å². The highest BCUT2D eigenvalue weighted by molar-refractivity contribution is 8.18. The zero-order valence-corrected chi connectivity index (χ0v) is 16.4. The van der Waals surface area contributed by atoms with E-state index >= 15 is 0 Å². The number of nitrogens with one attached hydrogen (secondary N) is 1. The van der Waals surface area contributed by atoms with Crippen molar-refractivity contribution < 1.29 is 24.2 Å². The Hall–Kier alpha value is -3.52. The molecule has 1 amide bonds. The molecule has 0 aliphatic carbocycles. The first-order valence-electron chi connectivity index (χ1n) is 8.55. The van der Waals surface area contributed by atoms with E-state index in [1.54, 1.807) is 43.5 Å². The summed E-state index contributed by atoms with van der Waals surface area (Å²) < 4.78 is 10.9. The van der Waals surface area contributed by atoms with Crippen LogP contribution in [0.3, 0.4) is 0 Å². The molecule has 7 nitrogen and oxygen atoms in total. The number of nitrogens with zero attached hydrogens (tertiary/aromatic N) is 1. The standard InChI is InChI=1S/C21H18N2O5S/c1-3-9-28-16-8-7-13(10-17(16)27-2)11-18-19(24)23-21(29-18)22-15-6-4-5-14(12-15)20(25)26/h3-8,10-12H,1,9H2,2H3,(H,25,26)(H,22,23,24). The van der Waals surface area contributed by atoms with Crippen molar-refractivity contribution >= 4 is 40.6 Å². The van der Waals surface area contributed by atoms with Crippen LogP contribution in [0.2, 0.25) is 0 Å². The molecule has 1 aliphatic rings. The molecule has 3 rings (SSSR count). The number of carboxylic acid groups (broad SMARTS) is 1. The average molecular weight is 410 g/mol. The zero-order valence-electron chi connectivity index (χ0n) is 15.5. The molecule has 148 valence electrons. The maximum Gasteiger partial charge on any atom is 0.335 e. The van der Waals surface area contributed by atoms with Crippen molar-refractivity contribution in [2.45, 2.75) is 0 Å². The Morgan fingerprint density at radius 3 is 2.83 bits per heavy atom. The van der Waals surface area contributed by atoms with E-state index < -0.39 is 5.97 Å². The third-order valence-electron chi connectivity index (χ3n) is 3.82. The van der Waals surface area contributed by atoms with Crippen LogP contribution in [-0.4, -0.2) is 35.9 Å². The Morgan fingerprint density at radius 1 is 1.28 bits per heavy atom. The molecule has 0 unspecified atom stereocenters. The van der Waals surface area contributed by atoms with Gasteiger partial charge >= 0.3 is 5.97 Å². The van der Waals surface area contributed by atoms with Gasteiger partial charge in [0.15, 0.2) is 16.7 Å². The molecule has 0 radical (unpaired) electrons. The van der Waals surface area contributed by atoms with Crippen LogP contribution in [0.4, 0.5) is 5.69 Å². The number of amidine groups is 1. The number of methoxy groups -OCH3 is 1. The smallest absolute Gasteiger partial charge is 0.335 e. The Bertz CT molecular complexity index is 1030. The van der Waals surface area contributed by atoms with Crippen molar-refractivity contribution in [1.29, 1.82) is 0 Å². The second kappa shape index (κ2) is 9.11. The molecular formula is C21H18N2O5S. The van der Waals surface area contributed by atoms with Gasteiger partial charge in [-0.3, -0.25) is 4.79 Å². The third-order valence-corrected chi connectivity index (χ3v) is 4.73. The van der Waals surface area contributed by atoms with Crippen LogP contribution in [0.5, 0.6) is 11.5 Å². The van der Waals surface area contributed by atoms with E-state index in [0.717, 1.165) is 5.56 Å². The molecule has 29 heavy (non-hydrogen) atoms. The number of hydrogen-bond acceptors (Lipinski definition) is 6. The minimum atomic E-state index is -1.04. The van der Waals surface area contributed by atoms with Crippen molar-refractivity contribution in [1.82, 2.24) is 5.32 Å². The largest absolute Gasteiger partial charge is 0.493 e. The maximum absolute atomic E-state index is 12.3. The fourth-order valence-electron chi connectivity index (χ4n) is 2.50. The van der Waals surface area contributed by atoms with Gasteiger partial charge in [0.05, 0.1) is 23.3 Å². The summed E-state index contributed by atoms with van der Waals surface area (Å²) in [6.07, 6.45) is 3.36. The number of rotatable bonds is 7. The molecular weight excluding hydrogens is 392 g/mol. The summed E-state index contributed by atoms with van der Waals surface area (Å²) >= 11 is 1.17. The number of carbonyl (C=O) groups excluding carboxylic acids is 1. The monoisotopic (exact) mass is 410 g/mol. The van der Waals surface area contributed by atoms with Crippen LogP contribution in [0.25, 0.3) is 6.08 Å². The Balaban J connectivity index is 1.81. The van der Waals surface area contributed by atoms with E-state index in [2.05, 4.69) is 16.9 Å². The summed E-state index contributed by atoms with van der Waals surface area (Å²) in [7, 11) is 1.54. The third kappa shape index (κ3) is 5.05. The predicted octanol–water partition coefficient (Wildman–Crippen LogP) is 3.85. The van der Waals surface area contributed by atoms with Crippen LogP contribution in [0.15, 0.2) is 65.0 Å². The summed E-state index contributed by atoms with van der Waals surface area (Å²) in [5, 5.41) is 12.1. The highest BCUT2D eigenvalue weighted by Crippen LogP contribution is 2.32. The minimum Gasteiger partial charge on any atom is -0.493 e. The first-order chi connectivity index (χ1) is 14.0. The number of carboxylic acids is 1. The van der Waals surface area contributed by atoms with Gasteiger partial charge in [0, 0.05) is 0 Å². The van der Waals surface area contributed by atoms with Gasteiger partial charge in [-0.25, -0.2) is 9.79 Å². The lowest BCUT2D eigenvalue weighted by Gasteiger charge is -2.09. The summed E-state index contributed by atoms with van der Waals surface area (Å²) in [6, 6.07) is 11.5. The predicted molar refractivity (Wildman–Crippen MR) is 113 cm³/mol. The molecule has 8 heteroatoms. The Kier molecular flexibility index (Phi) is 6.36. The number of benzene rings is 2. The molecule has 0 bridgehead atoms. The molecule has 2 aromatic carbocycles. The number of ether oxygens (including phenoxy) is 2. The number of aromatic carboxylic acids is 1. The molecule has 0 atom stereocenters. The molecule has 1 aliphatic heterocycles. The summed E-state index contributed by atoms with van der Waals surface area (Å²) in [6.45, 7) is 3.97. The molecule has 0 saturated carbocycles. The highest BCUT2D eigenvalue weighted by atomic mass is 32.2. The zero-order chi connectivity index (χ0) is 20.8. The SMILES string of the molecule is C=CCOc1ccc(C=C2SC(=Nc3cccc(C(=O)O)c3)NC2=O)cc1OC. The van der Waals surface area contributed by atoms with Gasteiger partial charge in [-0.15, -0.1) is 0 Å². The van der Waals surface area contributed by atoms with Gasteiger partial charge in [-0.2, -0.15) is 0 Å². The van der Waals surface area contributed by atoms with Gasteiger partial charge in [0.25, 0.3) is 5.91 Å². The number of hydrogen-bond donors (Lipinski definition) is 2. The van der Waals surface area contributed by atoms with E-state index in [9.17, 15) is 9.59 Å². The lowest BCUT2D eigenvalue weighted by atomic mass is 10.2. The van der Waals surface area contributed by atoms with E-state index in [1.807, 2.05) is 6.07 Å². The lowest BCUT2D eigenvalue weighted by molar-refractivity contribution is -0.115. The lowest BCUT2D eigenvalue weighted by Crippen LogP contribution is -2.19.